The van der Waals surface area contributed by atoms with Crippen LogP contribution in [0.25, 0.3) is 0 Å². The number of ether oxygens (including phenoxy) is 4. The van der Waals surface area contributed by atoms with Crippen LogP contribution in [-0.2, 0) is 0 Å². The zero-order valence-electron chi connectivity index (χ0n) is 15.5. The van der Waals surface area contributed by atoms with E-state index in [2.05, 4.69) is 24.5 Å². The average Bonchev–Trinajstić information content (AvgIpc) is 3.08. The van der Waals surface area contributed by atoms with Crippen molar-refractivity contribution in [2.45, 2.75) is 31.9 Å². The van der Waals surface area contributed by atoms with E-state index in [1.807, 2.05) is 36.4 Å². The minimum atomic E-state index is -0.298. The molecule has 4 rings (SSSR count). The van der Waals surface area contributed by atoms with Gasteiger partial charge in [0.05, 0.1) is 13.2 Å². The lowest BCUT2D eigenvalue weighted by Gasteiger charge is -2.38. The van der Waals surface area contributed by atoms with Gasteiger partial charge in [-0.15, -0.1) is 0 Å². The normalized spacial score (nSPS) is 18.9. The first kappa shape index (κ1) is 17.7. The SMILES string of the molecule is COc1ccc2c(c1)[C@@H](NC(=S)Nc1ccc3c(c1)OCO3)CC(C)(C)O2. The van der Waals surface area contributed by atoms with Gasteiger partial charge in [0.15, 0.2) is 16.6 Å². The summed E-state index contributed by atoms with van der Waals surface area (Å²) in [4.78, 5) is 0. The van der Waals surface area contributed by atoms with Crippen LogP contribution in [0.1, 0.15) is 31.9 Å². The number of benzene rings is 2. The highest BCUT2D eigenvalue weighted by Crippen LogP contribution is 2.41. The molecule has 6 nitrogen and oxygen atoms in total. The van der Waals surface area contributed by atoms with E-state index in [0.717, 1.165) is 34.9 Å². The minimum Gasteiger partial charge on any atom is -0.497 e. The molecule has 0 unspecified atom stereocenters. The van der Waals surface area contributed by atoms with Crippen LogP contribution >= 0.6 is 12.2 Å². The van der Waals surface area contributed by atoms with Crippen molar-refractivity contribution in [3.63, 3.8) is 0 Å². The first-order valence-corrected chi connectivity index (χ1v) is 9.18. The van der Waals surface area contributed by atoms with Crippen LogP contribution in [0.4, 0.5) is 5.69 Å². The lowest BCUT2D eigenvalue weighted by atomic mass is 9.89. The maximum absolute atomic E-state index is 6.11. The van der Waals surface area contributed by atoms with Crippen molar-refractivity contribution in [1.29, 1.82) is 0 Å². The highest BCUT2D eigenvalue weighted by molar-refractivity contribution is 7.80. The Balaban J connectivity index is 1.52. The molecule has 2 aliphatic rings. The molecule has 2 aliphatic heterocycles. The molecule has 0 aliphatic carbocycles. The number of hydrogen-bond acceptors (Lipinski definition) is 5. The number of anilines is 1. The molecular weight excluding hydrogens is 364 g/mol. The fraction of sp³-hybridized carbons (Fsp3) is 0.350. The molecule has 0 aromatic heterocycles. The minimum absolute atomic E-state index is 0.00728. The number of hydrogen-bond donors (Lipinski definition) is 2. The maximum atomic E-state index is 6.11. The average molecular weight is 386 g/mol. The van der Waals surface area contributed by atoms with Crippen LogP contribution in [0.3, 0.4) is 0 Å². The summed E-state index contributed by atoms with van der Waals surface area (Å²) in [5, 5.41) is 7.16. The van der Waals surface area contributed by atoms with Crippen LogP contribution in [0.5, 0.6) is 23.0 Å². The van der Waals surface area contributed by atoms with Gasteiger partial charge in [-0.2, -0.15) is 0 Å². The van der Waals surface area contributed by atoms with Gasteiger partial charge in [-0.1, -0.05) is 0 Å². The summed E-state index contributed by atoms with van der Waals surface area (Å²) in [6, 6.07) is 11.5. The van der Waals surface area contributed by atoms with E-state index in [-0.39, 0.29) is 18.4 Å². The fourth-order valence-corrected chi connectivity index (χ4v) is 3.65. The third-order valence-electron chi connectivity index (χ3n) is 4.61. The Labute approximate surface area is 163 Å². The molecule has 0 fully saturated rings. The molecule has 0 saturated heterocycles. The lowest BCUT2D eigenvalue weighted by molar-refractivity contribution is 0.0695. The van der Waals surface area contributed by atoms with Crippen LogP contribution in [-0.4, -0.2) is 24.6 Å². The van der Waals surface area contributed by atoms with Gasteiger partial charge in [0.2, 0.25) is 6.79 Å². The quantitative estimate of drug-likeness (QED) is 0.773. The molecule has 2 aromatic carbocycles. The molecule has 0 amide bonds. The smallest absolute Gasteiger partial charge is 0.231 e. The third-order valence-corrected chi connectivity index (χ3v) is 4.83. The molecule has 7 heteroatoms. The first-order chi connectivity index (χ1) is 12.9. The summed E-state index contributed by atoms with van der Waals surface area (Å²) in [7, 11) is 1.66. The Kier molecular flexibility index (Phi) is 4.47. The third kappa shape index (κ3) is 3.73. The van der Waals surface area contributed by atoms with Gasteiger partial charge in [-0.25, -0.2) is 0 Å². The summed E-state index contributed by atoms with van der Waals surface area (Å²) in [5.41, 5.74) is 1.57. The maximum Gasteiger partial charge on any atom is 0.231 e. The second kappa shape index (κ2) is 6.81. The molecule has 2 heterocycles. The fourth-order valence-electron chi connectivity index (χ4n) is 3.39. The standard InChI is InChI=1S/C20H22N2O4S/c1-20(2)10-15(14-9-13(23-3)5-7-16(14)26-20)22-19(27)21-12-4-6-17-18(8-12)25-11-24-17/h4-9,15H,10-11H2,1-3H3,(H2,21,22,27)/t15-/m0/s1. The van der Waals surface area contributed by atoms with E-state index >= 15 is 0 Å². The van der Waals surface area contributed by atoms with Crippen LogP contribution in [0.2, 0.25) is 0 Å². The summed E-state index contributed by atoms with van der Waals surface area (Å²) in [6.45, 7) is 4.39. The molecule has 142 valence electrons. The predicted molar refractivity (Wildman–Crippen MR) is 107 cm³/mol. The number of nitrogens with one attached hydrogen (secondary N) is 2. The summed E-state index contributed by atoms with van der Waals surface area (Å²) >= 11 is 5.54. The zero-order valence-corrected chi connectivity index (χ0v) is 16.3. The van der Waals surface area contributed by atoms with Crippen molar-refractivity contribution < 1.29 is 18.9 Å². The van der Waals surface area contributed by atoms with Gasteiger partial charge in [-0.3, -0.25) is 0 Å². The molecule has 2 N–H and O–H groups in total. The number of fused-ring (bicyclic) bond motifs is 2. The van der Waals surface area contributed by atoms with E-state index in [1.165, 1.54) is 0 Å². The molecule has 0 saturated carbocycles. The predicted octanol–water partition coefficient (Wildman–Crippen LogP) is 4.01. The van der Waals surface area contributed by atoms with E-state index in [4.69, 9.17) is 31.2 Å². The second-order valence-electron chi connectivity index (χ2n) is 7.19. The molecule has 1 atom stereocenters. The highest BCUT2D eigenvalue weighted by Gasteiger charge is 2.34. The zero-order chi connectivity index (χ0) is 19.0. The number of rotatable bonds is 3. The van der Waals surface area contributed by atoms with Crippen molar-refractivity contribution in [3.8, 4) is 23.0 Å². The van der Waals surface area contributed by atoms with Gasteiger partial charge >= 0.3 is 0 Å². The first-order valence-electron chi connectivity index (χ1n) is 8.78. The Hall–Kier alpha value is -2.67. The molecule has 27 heavy (non-hydrogen) atoms. The highest BCUT2D eigenvalue weighted by atomic mass is 32.1. The van der Waals surface area contributed by atoms with Gasteiger partial charge in [0.25, 0.3) is 0 Å². The van der Waals surface area contributed by atoms with Crippen molar-refractivity contribution in [3.05, 3.63) is 42.0 Å². The summed E-state index contributed by atoms with van der Waals surface area (Å²) in [6.07, 6.45) is 0.774. The van der Waals surface area contributed by atoms with Gasteiger partial charge in [0, 0.05) is 23.7 Å². The molecule has 0 bridgehead atoms. The van der Waals surface area contributed by atoms with Crippen LogP contribution in [0, 0.1) is 0 Å². The Bertz CT molecular complexity index is 884. The lowest BCUT2D eigenvalue weighted by Crippen LogP contribution is -2.42. The van der Waals surface area contributed by atoms with Crippen molar-refractivity contribution in [2.75, 3.05) is 19.2 Å². The number of methoxy groups -OCH3 is 1. The molecule has 2 aromatic rings. The molecule has 0 spiro atoms. The number of thiocarbonyl (C=S) groups is 1. The van der Waals surface area contributed by atoms with Gasteiger partial charge < -0.3 is 29.6 Å². The van der Waals surface area contributed by atoms with Gasteiger partial charge in [-0.05, 0) is 56.4 Å². The molecule has 0 radical (unpaired) electrons. The van der Waals surface area contributed by atoms with Crippen LogP contribution in [0.15, 0.2) is 36.4 Å². The molecular formula is C20H22N2O4S. The Morgan fingerprint density at radius 2 is 1.89 bits per heavy atom. The Morgan fingerprint density at radius 1 is 1.11 bits per heavy atom. The largest absolute Gasteiger partial charge is 0.497 e. The van der Waals surface area contributed by atoms with Gasteiger partial charge in [0.1, 0.15) is 17.1 Å². The van der Waals surface area contributed by atoms with Crippen molar-refractivity contribution in [1.82, 2.24) is 5.32 Å². The van der Waals surface area contributed by atoms with E-state index in [1.54, 1.807) is 7.11 Å². The second-order valence-corrected chi connectivity index (χ2v) is 7.60. The topological polar surface area (TPSA) is 61.0 Å². The summed E-state index contributed by atoms with van der Waals surface area (Å²) in [5.74, 6) is 3.09. The van der Waals surface area contributed by atoms with Crippen molar-refractivity contribution in [2.24, 2.45) is 0 Å². The van der Waals surface area contributed by atoms with E-state index < -0.39 is 0 Å². The Morgan fingerprint density at radius 3 is 2.70 bits per heavy atom. The van der Waals surface area contributed by atoms with Crippen molar-refractivity contribution >= 4 is 23.0 Å². The van der Waals surface area contributed by atoms with E-state index in [0.29, 0.717) is 10.9 Å². The monoisotopic (exact) mass is 386 g/mol. The van der Waals surface area contributed by atoms with Crippen LogP contribution < -0.4 is 29.6 Å². The van der Waals surface area contributed by atoms with E-state index in [9.17, 15) is 0 Å². The summed E-state index contributed by atoms with van der Waals surface area (Å²) < 4.78 is 22.2.